The second kappa shape index (κ2) is 7.94. The molecule has 0 saturated carbocycles. The molecule has 1 aliphatic rings. The molecule has 1 amide bonds. The van der Waals surface area contributed by atoms with Crippen molar-refractivity contribution < 1.29 is 21.6 Å². The zero-order valence-electron chi connectivity index (χ0n) is 16.9. The van der Waals surface area contributed by atoms with Gasteiger partial charge < -0.3 is 10.3 Å². The number of benzene rings is 2. The van der Waals surface area contributed by atoms with E-state index in [4.69, 9.17) is 0 Å². The maximum absolute atomic E-state index is 12.9. The van der Waals surface area contributed by atoms with Crippen molar-refractivity contribution in [2.45, 2.75) is 16.7 Å². The first-order chi connectivity index (χ1) is 15.1. The van der Waals surface area contributed by atoms with Crippen molar-refractivity contribution in [3.05, 3.63) is 53.7 Å². The molecule has 166 valence electrons. The molecule has 0 aliphatic carbocycles. The molecule has 10 nitrogen and oxygen atoms in total. The predicted molar refractivity (Wildman–Crippen MR) is 117 cm³/mol. The highest BCUT2D eigenvalue weighted by atomic mass is 32.2. The Hall–Kier alpha value is -3.40. The number of rotatable bonds is 5. The molecular weight excluding hydrogens is 454 g/mol. The van der Waals surface area contributed by atoms with Crippen molar-refractivity contribution in [2.24, 2.45) is 0 Å². The summed E-state index contributed by atoms with van der Waals surface area (Å²) in [5, 5.41) is 12.4. The molecule has 0 spiro atoms. The number of sulfonamides is 2. The van der Waals surface area contributed by atoms with Gasteiger partial charge in [-0.2, -0.15) is 9.57 Å². The fraction of sp³-hybridized carbons (Fsp3) is 0.200. The standard InChI is InChI=1S/C20H19N5O5S2/c1-13-2-7-17(20-19(13)14(10-21)11-23-20)24-31(27,28)15-3-5-16(6-4-15)32(29,30)25-9-8-22-18(26)12-25/h2-7,11,23-24H,8-9,12H2,1H3,(H,22,26). The summed E-state index contributed by atoms with van der Waals surface area (Å²) in [6.45, 7) is 1.89. The van der Waals surface area contributed by atoms with E-state index in [1.807, 2.05) is 6.92 Å². The van der Waals surface area contributed by atoms with Crippen molar-refractivity contribution in [3.63, 3.8) is 0 Å². The predicted octanol–water partition coefficient (Wildman–Crippen LogP) is 1.27. The molecule has 3 N–H and O–H groups in total. The van der Waals surface area contributed by atoms with Gasteiger partial charge in [0, 0.05) is 24.7 Å². The zero-order valence-corrected chi connectivity index (χ0v) is 18.5. The molecule has 0 bridgehead atoms. The lowest BCUT2D eigenvalue weighted by Gasteiger charge is -2.25. The van der Waals surface area contributed by atoms with Gasteiger partial charge in [-0.05, 0) is 42.8 Å². The summed E-state index contributed by atoms with van der Waals surface area (Å²) in [7, 11) is -7.96. The number of piperazine rings is 1. The Morgan fingerprint density at radius 3 is 2.41 bits per heavy atom. The number of hydrogen-bond acceptors (Lipinski definition) is 6. The number of aromatic nitrogens is 1. The fourth-order valence-corrected chi connectivity index (χ4v) is 6.03. The van der Waals surface area contributed by atoms with E-state index in [1.165, 1.54) is 30.5 Å². The van der Waals surface area contributed by atoms with E-state index in [-0.39, 0.29) is 35.1 Å². The molecule has 12 heteroatoms. The average Bonchev–Trinajstić information content (AvgIpc) is 3.21. The van der Waals surface area contributed by atoms with Gasteiger partial charge in [0.25, 0.3) is 10.0 Å². The number of anilines is 1. The molecule has 4 rings (SSSR count). The molecule has 3 aromatic rings. The number of H-pyrrole nitrogens is 1. The number of carbonyl (C=O) groups excluding carboxylic acids is 1. The number of amides is 1. The zero-order chi connectivity index (χ0) is 23.1. The summed E-state index contributed by atoms with van der Waals surface area (Å²) >= 11 is 0. The number of carbonyl (C=O) groups is 1. The van der Waals surface area contributed by atoms with E-state index in [9.17, 15) is 26.9 Å². The average molecular weight is 474 g/mol. The maximum Gasteiger partial charge on any atom is 0.261 e. The molecule has 1 fully saturated rings. The van der Waals surface area contributed by atoms with Crippen LogP contribution >= 0.6 is 0 Å². The molecule has 32 heavy (non-hydrogen) atoms. The lowest BCUT2D eigenvalue weighted by Crippen LogP contribution is -2.49. The van der Waals surface area contributed by atoms with Crippen LogP contribution in [0.25, 0.3) is 10.9 Å². The van der Waals surface area contributed by atoms with Gasteiger partial charge in [-0.1, -0.05) is 6.07 Å². The molecule has 2 aromatic carbocycles. The van der Waals surface area contributed by atoms with E-state index in [0.717, 1.165) is 9.87 Å². The third-order valence-corrected chi connectivity index (χ3v) is 8.42. The van der Waals surface area contributed by atoms with E-state index in [0.29, 0.717) is 16.5 Å². The Bertz CT molecular complexity index is 1470. The van der Waals surface area contributed by atoms with Crippen molar-refractivity contribution in [2.75, 3.05) is 24.4 Å². The number of hydrogen-bond donors (Lipinski definition) is 3. The largest absolute Gasteiger partial charge is 0.358 e. The van der Waals surface area contributed by atoms with Gasteiger partial charge in [0.05, 0.1) is 33.1 Å². The number of nitriles is 1. The second-order valence-corrected chi connectivity index (χ2v) is 10.9. The summed E-state index contributed by atoms with van der Waals surface area (Å²) < 4.78 is 54.8. The summed E-state index contributed by atoms with van der Waals surface area (Å²) in [4.78, 5) is 14.2. The molecule has 0 atom stereocenters. The van der Waals surface area contributed by atoms with Gasteiger partial charge in [-0.25, -0.2) is 16.8 Å². The van der Waals surface area contributed by atoms with Crippen molar-refractivity contribution in [1.82, 2.24) is 14.6 Å². The molecule has 0 unspecified atom stereocenters. The SMILES string of the molecule is Cc1ccc(NS(=O)(=O)c2ccc(S(=O)(=O)N3CCNC(=O)C3)cc2)c2[nH]cc(C#N)c12. The van der Waals surface area contributed by atoms with Crippen LogP contribution in [0, 0.1) is 18.3 Å². The van der Waals surface area contributed by atoms with E-state index in [2.05, 4.69) is 21.1 Å². The van der Waals surface area contributed by atoms with Crippen molar-refractivity contribution >= 4 is 42.5 Å². The molecule has 0 radical (unpaired) electrons. The highest BCUT2D eigenvalue weighted by Gasteiger charge is 2.29. The Labute approximate surface area is 184 Å². The van der Waals surface area contributed by atoms with Gasteiger partial charge >= 0.3 is 0 Å². The van der Waals surface area contributed by atoms with Gasteiger partial charge in [0.2, 0.25) is 15.9 Å². The van der Waals surface area contributed by atoms with Crippen LogP contribution in [0.1, 0.15) is 11.1 Å². The van der Waals surface area contributed by atoms with Crippen molar-refractivity contribution in [3.8, 4) is 6.07 Å². The van der Waals surface area contributed by atoms with Gasteiger partial charge in [0.15, 0.2) is 0 Å². The monoisotopic (exact) mass is 473 g/mol. The third-order valence-electron chi connectivity index (χ3n) is 5.18. The minimum atomic E-state index is -4.04. The number of fused-ring (bicyclic) bond motifs is 1. The number of nitrogens with one attached hydrogen (secondary N) is 3. The number of nitrogens with zero attached hydrogens (tertiary/aromatic N) is 2. The molecule has 1 aliphatic heterocycles. The van der Waals surface area contributed by atoms with Crippen LogP contribution in [0.4, 0.5) is 5.69 Å². The first kappa shape index (κ1) is 21.8. The highest BCUT2D eigenvalue weighted by molar-refractivity contribution is 7.92. The maximum atomic E-state index is 12.9. The molecular formula is C20H19N5O5S2. The Morgan fingerprint density at radius 1 is 1.06 bits per heavy atom. The smallest absolute Gasteiger partial charge is 0.261 e. The lowest BCUT2D eigenvalue weighted by atomic mass is 10.1. The lowest BCUT2D eigenvalue weighted by molar-refractivity contribution is -0.122. The minimum absolute atomic E-state index is 0.105. The van der Waals surface area contributed by atoms with Crippen LogP contribution in [0.15, 0.2) is 52.4 Å². The summed E-state index contributed by atoms with van der Waals surface area (Å²) in [6.07, 6.45) is 1.51. The second-order valence-electron chi connectivity index (χ2n) is 7.26. The number of aromatic amines is 1. The Kier molecular flexibility index (Phi) is 5.41. The van der Waals surface area contributed by atoms with E-state index >= 15 is 0 Å². The Balaban J connectivity index is 1.63. The topological polar surface area (TPSA) is 152 Å². The fourth-order valence-electron chi connectivity index (χ4n) is 3.56. The van der Waals surface area contributed by atoms with Crippen molar-refractivity contribution in [1.29, 1.82) is 5.26 Å². The van der Waals surface area contributed by atoms with Crippen LogP contribution in [0.5, 0.6) is 0 Å². The van der Waals surface area contributed by atoms with Crippen LogP contribution in [-0.4, -0.2) is 51.7 Å². The van der Waals surface area contributed by atoms with Gasteiger partial charge in [-0.3, -0.25) is 9.52 Å². The minimum Gasteiger partial charge on any atom is -0.358 e. The van der Waals surface area contributed by atoms with E-state index < -0.39 is 26.0 Å². The molecule has 2 heterocycles. The third kappa shape index (κ3) is 3.81. The quantitative estimate of drug-likeness (QED) is 0.507. The first-order valence-electron chi connectivity index (χ1n) is 9.54. The molecule has 1 saturated heterocycles. The normalized spacial score (nSPS) is 15.3. The van der Waals surface area contributed by atoms with Crippen LogP contribution in [-0.2, 0) is 24.8 Å². The Morgan fingerprint density at radius 2 is 1.75 bits per heavy atom. The first-order valence-corrected chi connectivity index (χ1v) is 12.5. The van der Waals surface area contributed by atoms with Crippen LogP contribution in [0.3, 0.4) is 0 Å². The molecule has 1 aromatic heterocycles. The summed E-state index contributed by atoms with van der Waals surface area (Å²) in [5.41, 5.74) is 1.97. The number of aryl methyl sites for hydroxylation is 1. The van der Waals surface area contributed by atoms with Crippen LogP contribution < -0.4 is 10.0 Å². The van der Waals surface area contributed by atoms with Gasteiger partial charge in [-0.15, -0.1) is 0 Å². The van der Waals surface area contributed by atoms with Crippen LogP contribution in [0.2, 0.25) is 0 Å². The van der Waals surface area contributed by atoms with E-state index in [1.54, 1.807) is 12.1 Å². The summed E-state index contributed by atoms with van der Waals surface area (Å²) in [6, 6.07) is 10.2. The van der Waals surface area contributed by atoms with Gasteiger partial charge in [0.1, 0.15) is 6.07 Å². The summed E-state index contributed by atoms with van der Waals surface area (Å²) in [5.74, 6) is -0.392. The highest BCUT2D eigenvalue weighted by Crippen LogP contribution is 2.30.